The van der Waals surface area contributed by atoms with E-state index in [0.717, 1.165) is 31.7 Å². The summed E-state index contributed by atoms with van der Waals surface area (Å²) in [5, 5.41) is 3.38. The fraction of sp³-hybridized carbons (Fsp3) is 0.571. The first-order valence-electron chi connectivity index (χ1n) is 6.41. The molecule has 0 radical (unpaired) electrons. The number of rotatable bonds is 8. The molecule has 1 aromatic rings. The van der Waals surface area contributed by atoms with Crippen molar-refractivity contribution < 1.29 is 4.74 Å². The van der Waals surface area contributed by atoms with Gasteiger partial charge in [-0.25, -0.2) is 0 Å². The minimum absolute atomic E-state index is 0.444. The molecule has 3 nitrogen and oxygen atoms in total. The van der Waals surface area contributed by atoms with Gasteiger partial charge in [0.15, 0.2) is 0 Å². The molecule has 1 atom stereocenters. The first-order valence-corrected chi connectivity index (χ1v) is 6.41. The third-order valence-electron chi connectivity index (χ3n) is 2.55. The van der Waals surface area contributed by atoms with Crippen LogP contribution in [0.2, 0.25) is 0 Å². The van der Waals surface area contributed by atoms with Crippen LogP contribution in [-0.2, 0) is 6.42 Å². The molecule has 0 fully saturated rings. The summed E-state index contributed by atoms with van der Waals surface area (Å²) in [5.41, 5.74) is 6.77. The Labute approximate surface area is 104 Å². The van der Waals surface area contributed by atoms with Gasteiger partial charge in [0.2, 0.25) is 0 Å². The van der Waals surface area contributed by atoms with Crippen LogP contribution in [-0.4, -0.2) is 25.7 Å². The molecule has 0 saturated heterocycles. The van der Waals surface area contributed by atoms with Crippen molar-refractivity contribution in [2.45, 2.75) is 32.7 Å². The zero-order valence-corrected chi connectivity index (χ0v) is 10.9. The highest BCUT2D eigenvalue weighted by molar-refractivity contribution is 5.29. The van der Waals surface area contributed by atoms with Crippen LogP contribution < -0.4 is 15.8 Å². The molecule has 0 spiro atoms. The van der Waals surface area contributed by atoms with Gasteiger partial charge in [0.1, 0.15) is 5.75 Å². The second kappa shape index (κ2) is 8.09. The highest BCUT2D eigenvalue weighted by atomic mass is 16.5. The number of nitrogens with one attached hydrogen (secondary N) is 1. The van der Waals surface area contributed by atoms with Crippen molar-refractivity contribution in [3.63, 3.8) is 0 Å². The molecule has 1 rings (SSSR count). The first-order chi connectivity index (χ1) is 8.26. The van der Waals surface area contributed by atoms with Crippen molar-refractivity contribution in [2.24, 2.45) is 5.73 Å². The summed E-state index contributed by atoms with van der Waals surface area (Å²) in [5.74, 6) is 0.968. The summed E-state index contributed by atoms with van der Waals surface area (Å²) in [4.78, 5) is 0. The molecular formula is C14H24N2O. The zero-order valence-electron chi connectivity index (χ0n) is 10.9. The van der Waals surface area contributed by atoms with Crippen LogP contribution in [0, 0.1) is 0 Å². The molecule has 0 bridgehead atoms. The van der Waals surface area contributed by atoms with Gasteiger partial charge >= 0.3 is 0 Å². The van der Waals surface area contributed by atoms with Gasteiger partial charge < -0.3 is 15.8 Å². The molecule has 1 aromatic carbocycles. The van der Waals surface area contributed by atoms with E-state index < -0.39 is 0 Å². The third-order valence-corrected chi connectivity index (χ3v) is 2.55. The maximum Gasteiger partial charge on any atom is 0.119 e. The van der Waals surface area contributed by atoms with E-state index in [1.54, 1.807) is 0 Å². The predicted octanol–water partition coefficient (Wildman–Crippen LogP) is 1.95. The Balaban J connectivity index is 2.47. The fourth-order valence-electron chi connectivity index (χ4n) is 1.74. The van der Waals surface area contributed by atoms with E-state index in [2.05, 4.69) is 37.4 Å². The van der Waals surface area contributed by atoms with Crippen molar-refractivity contribution in [3.05, 3.63) is 29.8 Å². The highest BCUT2D eigenvalue weighted by Crippen LogP contribution is 2.14. The molecule has 1 unspecified atom stereocenters. The monoisotopic (exact) mass is 236 g/mol. The lowest BCUT2D eigenvalue weighted by Crippen LogP contribution is -2.32. The van der Waals surface area contributed by atoms with Crippen LogP contribution >= 0.6 is 0 Å². The van der Waals surface area contributed by atoms with Crippen LogP contribution in [0.5, 0.6) is 5.75 Å². The lowest BCUT2D eigenvalue weighted by atomic mass is 10.1. The quantitative estimate of drug-likeness (QED) is 0.725. The van der Waals surface area contributed by atoms with Crippen LogP contribution in [0.25, 0.3) is 0 Å². The Bertz CT molecular complexity index is 315. The van der Waals surface area contributed by atoms with Gasteiger partial charge in [-0.15, -0.1) is 0 Å². The van der Waals surface area contributed by atoms with E-state index in [1.807, 2.05) is 6.07 Å². The molecule has 0 aliphatic heterocycles. The first kappa shape index (κ1) is 14.0. The number of hydrogen-bond donors (Lipinski definition) is 2. The predicted molar refractivity (Wildman–Crippen MR) is 72.5 cm³/mol. The maximum atomic E-state index is 5.62. The van der Waals surface area contributed by atoms with Gasteiger partial charge in [-0.1, -0.05) is 19.1 Å². The fourth-order valence-corrected chi connectivity index (χ4v) is 1.74. The highest BCUT2D eigenvalue weighted by Gasteiger charge is 2.03. The molecule has 0 aliphatic carbocycles. The van der Waals surface area contributed by atoms with Gasteiger partial charge in [-0.2, -0.15) is 0 Å². The average molecular weight is 236 g/mol. The standard InChI is InChI=1S/C14H24N2O/c1-3-9-17-14-6-4-5-13(11-14)10-12(2)16-8-7-15/h4-6,11-12,16H,3,7-10,15H2,1-2H3. The molecule has 3 heteroatoms. The molecule has 3 N–H and O–H groups in total. The van der Waals surface area contributed by atoms with Crippen LogP contribution in [0.3, 0.4) is 0 Å². The van der Waals surface area contributed by atoms with Crippen molar-refractivity contribution >= 4 is 0 Å². The number of benzene rings is 1. The molecule has 0 saturated carbocycles. The van der Waals surface area contributed by atoms with Crippen LogP contribution in [0.15, 0.2) is 24.3 Å². The Morgan fingerprint density at radius 3 is 2.94 bits per heavy atom. The van der Waals surface area contributed by atoms with E-state index in [4.69, 9.17) is 10.5 Å². The van der Waals surface area contributed by atoms with E-state index in [0.29, 0.717) is 12.6 Å². The third kappa shape index (κ3) is 5.71. The van der Waals surface area contributed by atoms with Crippen LogP contribution in [0.4, 0.5) is 0 Å². The van der Waals surface area contributed by atoms with Crippen molar-refractivity contribution in [3.8, 4) is 5.75 Å². The Hall–Kier alpha value is -1.06. The van der Waals surface area contributed by atoms with Gasteiger partial charge in [0, 0.05) is 19.1 Å². The molecule has 0 heterocycles. The second-order valence-corrected chi connectivity index (χ2v) is 4.34. The largest absolute Gasteiger partial charge is 0.494 e. The molecule has 96 valence electrons. The summed E-state index contributed by atoms with van der Waals surface area (Å²) in [6.45, 7) is 6.62. The van der Waals surface area contributed by atoms with Gasteiger partial charge in [0.25, 0.3) is 0 Å². The SMILES string of the molecule is CCCOc1cccc(CC(C)NCCN)c1. The number of ether oxygens (including phenoxy) is 1. The summed E-state index contributed by atoms with van der Waals surface area (Å²) >= 11 is 0. The number of nitrogens with two attached hydrogens (primary N) is 1. The Morgan fingerprint density at radius 1 is 1.41 bits per heavy atom. The van der Waals surface area contributed by atoms with Crippen molar-refractivity contribution in [1.82, 2.24) is 5.32 Å². The Morgan fingerprint density at radius 2 is 2.24 bits per heavy atom. The normalized spacial score (nSPS) is 12.4. The lowest BCUT2D eigenvalue weighted by molar-refractivity contribution is 0.317. The average Bonchev–Trinajstić information content (AvgIpc) is 2.34. The van der Waals surface area contributed by atoms with Crippen molar-refractivity contribution in [1.29, 1.82) is 0 Å². The topological polar surface area (TPSA) is 47.3 Å². The minimum atomic E-state index is 0.444. The molecule has 0 aliphatic rings. The minimum Gasteiger partial charge on any atom is -0.494 e. The van der Waals surface area contributed by atoms with Crippen molar-refractivity contribution in [2.75, 3.05) is 19.7 Å². The van der Waals surface area contributed by atoms with E-state index in [1.165, 1.54) is 5.56 Å². The summed E-state index contributed by atoms with van der Waals surface area (Å²) in [7, 11) is 0. The van der Waals surface area contributed by atoms with E-state index >= 15 is 0 Å². The molecule has 17 heavy (non-hydrogen) atoms. The van der Waals surface area contributed by atoms with E-state index in [9.17, 15) is 0 Å². The summed E-state index contributed by atoms with van der Waals surface area (Å²) in [6, 6.07) is 8.77. The molecular weight excluding hydrogens is 212 g/mol. The lowest BCUT2D eigenvalue weighted by Gasteiger charge is -2.14. The summed E-state index contributed by atoms with van der Waals surface area (Å²) < 4.78 is 5.62. The maximum absolute atomic E-state index is 5.62. The van der Waals surface area contributed by atoms with Gasteiger partial charge in [-0.3, -0.25) is 0 Å². The van der Waals surface area contributed by atoms with Gasteiger partial charge in [-0.05, 0) is 37.5 Å². The summed E-state index contributed by atoms with van der Waals surface area (Å²) in [6.07, 6.45) is 2.04. The van der Waals surface area contributed by atoms with E-state index in [-0.39, 0.29) is 0 Å². The molecule has 0 amide bonds. The number of hydrogen-bond acceptors (Lipinski definition) is 3. The van der Waals surface area contributed by atoms with Crippen LogP contribution in [0.1, 0.15) is 25.8 Å². The Kier molecular flexibility index (Phi) is 6.67. The zero-order chi connectivity index (χ0) is 12.5. The molecule has 0 aromatic heterocycles. The second-order valence-electron chi connectivity index (χ2n) is 4.34. The smallest absolute Gasteiger partial charge is 0.119 e. The van der Waals surface area contributed by atoms with Gasteiger partial charge in [0.05, 0.1) is 6.61 Å².